The lowest BCUT2D eigenvalue weighted by atomic mass is 10.0. The maximum Gasteiger partial charge on any atom is 0.221 e. The molecule has 0 radical (unpaired) electrons. The number of carbonyl (C=O) groups is 1. The van der Waals surface area contributed by atoms with Crippen molar-refractivity contribution >= 4 is 45.5 Å². The molecule has 0 bridgehead atoms. The van der Waals surface area contributed by atoms with Crippen molar-refractivity contribution in [2.24, 2.45) is 0 Å². The van der Waals surface area contributed by atoms with Crippen molar-refractivity contribution in [2.45, 2.75) is 16.5 Å². The third-order valence-electron chi connectivity index (χ3n) is 4.26. The highest BCUT2D eigenvalue weighted by molar-refractivity contribution is 8.01. The molecular weight excluding hydrogens is 412 g/mol. The van der Waals surface area contributed by atoms with Gasteiger partial charge in [-0.25, -0.2) is 0 Å². The van der Waals surface area contributed by atoms with Crippen LogP contribution in [-0.4, -0.2) is 16.1 Å². The highest BCUT2D eigenvalue weighted by Gasteiger charge is 2.18. The van der Waals surface area contributed by atoms with Crippen molar-refractivity contribution in [3.8, 4) is 0 Å². The minimum Gasteiger partial charge on any atom is -0.330 e. The average Bonchev–Trinajstić information content (AvgIpc) is 3.20. The molecule has 0 saturated heterocycles. The lowest BCUT2D eigenvalue weighted by Crippen LogP contribution is -2.05. The topological polar surface area (TPSA) is 66.9 Å². The van der Waals surface area contributed by atoms with E-state index in [-0.39, 0.29) is 11.2 Å². The summed E-state index contributed by atoms with van der Waals surface area (Å²) < 4.78 is 0.883. The average molecular weight is 433 g/mol. The maximum absolute atomic E-state index is 11.3. The fourth-order valence-corrected chi connectivity index (χ4v) is 5.09. The van der Waals surface area contributed by atoms with Crippen LogP contribution in [0.15, 0.2) is 89.3 Å². The Labute approximate surface area is 183 Å². The van der Waals surface area contributed by atoms with Crippen LogP contribution in [0.3, 0.4) is 0 Å². The van der Waals surface area contributed by atoms with Gasteiger partial charge in [0.1, 0.15) is 0 Å². The van der Waals surface area contributed by atoms with Crippen molar-refractivity contribution in [3.05, 3.63) is 96.1 Å². The van der Waals surface area contributed by atoms with Crippen molar-refractivity contribution in [3.63, 3.8) is 0 Å². The molecule has 2 N–H and O–H groups in total. The molecule has 0 saturated carbocycles. The first kappa shape index (κ1) is 20.1. The Morgan fingerprint density at radius 2 is 1.50 bits per heavy atom. The summed E-state index contributed by atoms with van der Waals surface area (Å²) in [6.45, 7) is 1.49. The zero-order valence-corrected chi connectivity index (χ0v) is 17.9. The molecule has 7 heteroatoms. The van der Waals surface area contributed by atoms with Crippen LogP contribution in [0, 0.1) is 0 Å². The summed E-state index contributed by atoms with van der Waals surface area (Å²) in [6, 6.07) is 28.3. The number of aromatic nitrogens is 2. The number of nitrogens with zero attached hydrogens (tertiary/aromatic N) is 2. The maximum atomic E-state index is 11.3. The number of hydrogen-bond donors (Lipinski definition) is 2. The number of anilines is 3. The van der Waals surface area contributed by atoms with Crippen molar-refractivity contribution < 1.29 is 4.79 Å². The highest BCUT2D eigenvalue weighted by Crippen LogP contribution is 2.42. The molecular formula is C23H20N4OS2. The molecule has 1 amide bonds. The van der Waals surface area contributed by atoms with E-state index in [2.05, 4.69) is 69.4 Å². The van der Waals surface area contributed by atoms with E-state index >= 15 is 0 Å². The fraction of sp³-hybridized carbons (Fsp3) is 0.0870. The Morgan fingerprint density at radius 3 is 2.13 bits per heavy atom. The molecule has 5 nitrogen and oxygen atoms in total. The number of nitrogens with one attached hydrogen (secondary N) is 2. The van der Waals surface area contributed by atoms with Crippen LogP contribution in [-0.2, 0) is 4.79 Å². The second kappa shape index (κ2) is 9.56. The summed E-state index contributed by atoms with van der Waals surface area (Å²) in [7, 11) is 0. The fourth-order valence-electron chi connectivity index (χ4n) is 2.99. The van der Waals surface area contributed by atoms with Gasteiger partial charge in [-0.05, 0) is 29.3 Å². The minimum absolute atomic E-state index is 0.102. The van der Waals surface area contributed by atoms with Gasteiger partial charge in [-0.2, -0.15) is 0 Å². The molecule has 0 spiro atoms. The van der Waals surface area contributed by atoms with Gasteiger partial charge in [0.15, 0.2) is 4.34 Å². The number of hydrogen-bond acceptors (Lipinski definition) is 6. The lowest BCUT2D eigenvalue weighted by molar-refractivity contribution is -0.114. The Hall–Kier alpha value is -3.16. The first-order valence-electron chi connectivity index (χ1n) is 9.42. The van der Waals surface area contributed by atoms with Gasteiger partial charge in [0.25, 0.3) is 0 Å². The van der Waals surface area contributed by atoms with Gasteiger partial charge in [0, 0.05) is 18.3 Å². The molecule has 0 unspecified atom stereocenters. The summed E-state index contributed by atoms with van der Waals surface area (Å²) >= 11 is 3.19. The van der Waals surface area contributed by atoms with Crippen molar-refractivity contribution in [1.82, 2.24) is 10.2 Å². The predicted octanol–water partition coefficient (Wildman–Crippen LogP) is 6.12. The number of rotatable bonds is 7. The molecule has 0 aliphatic heterocycles. The van der Waals surface area contributed by atoms with Crippen molar-refractivity contribution in [2.75, 3.05) is 10.6 Å². The van der Waals surface area contributed by atoms with Gasteiger partial charge in [-0.1, -0.05) is 89.8 Å². The van der Waals surface area contributed by atoms with Gasteiger partial charge in [-0.15, -0.1) is 10.2 Å². The third-order valence-corrected chi connectivity index (χ3v) is 6.50. The Balaban J connectivity index is 1.52. The molecule has 0 atom stereocenters. The third kappa shape index (κ3) is 5.25. The Bertz CT molecular complexity index is 1080. The van der Waals surface area contributed by atoms with Crippen LogP contribution in [0.1, 0.15) is 23.3 Å². The quantitative estimate of drug-likeness (QED) is 0.344. The van der Waals surface area contributed by atoms with Gasteiger partial charge in [-0.3, -0.25) is 4.79 Å². The molecule has 3 aromatic carbocycles. The van der Waals surface area contributed by atoms with E-state index in [4.69, 9.17) is 0 Å². The smallest absolute Gasteiger partial charge is 0.221 e. The molecule has 1 heterocycles. The SMILES string of the molecule is CC(=O)Nc1cccc(Nc2nnc(SC(c3ccccc3)c3ccccc3)s2)c1. The summed E-state index contributed by atoms with van der Waals surface area (Å²) in [4.78, 5) is 11.3. The number of thioether (sulfide) groups is 1. The van der Waals surface area contributed by atoms with Crippen LogP contribution in [0.5, 0.6) is 0 Å². The Kier molecular flexibility index (Phi) is 6.41. The van der Waals surface area contributed by atoms with E-state index in [0.717, 1.165) is 15.7 Å². The van der Waals surface area contributed by atoms with Crippen LogP contribution in [0.2, 0.25) is 0 Å². The van der Waals surface area contributed by atoms with Gasteiger partial charge >= 0.3 is 0 Å². The lowest BCUT2D eigenvalue weighted by Gasteiger charge is -2.15. The molecule has 1 aromatic heterocycles. The first-order chi connectivity index (χ1) is 14.7. The summed E-state index contributed by atoms with van der Waals surface area (Å²) in [5.41, 5.74) is 4.03. The highest BCUT2D eigenvalue weighted by atomic mass is 32.2. The standard InChI is InChI=1S/C23H20N4OS2/c1-16(28)24-19-13-8-14-20(15-19)25-22-26-27-23(30-22)29-21(17-9-4-2-5-10-17)18-11-6-3-7-12-18/h2-15,21H,1H3,(H,24,28)(H,25,26). The molecule has 0 aliphatic rings. The summed E-state index contributed by atoms with van der Waals surface area (Å²) in [5, 5.41) is 15.6. The number of benzene rings is 3. The second-order valence-electron chi connectivity index (χ2n) is 6.58. The normalized spacial score (nSPS) is 10.7. The summed E-state index contributed by atoms with van der Waals surface area (Å²) in [5.74, 6) is -0.102. The van der Waals surface area contributed by atoms with Crippen LogP contribution in [0.4, 0.5) is 16.5 Å². The molecule has 0 aliphatic carbocycles. The van der Waals surface area contributed by atoms with E-state index in [1.165, 1.54) is 29.4 Å². The predicted molar refractivity (Wildman–Crippen MR) is 125 cm³/mol. The van der Waals surface area contributed by atoms with E-state index in [9.17, 15) is 4.79 Å². The molecule has 150 valence electrons. The zero-order chi connectivity index (χ0) is 20.8. The van der Waals surface area contributed by atoms with Crippen LogP contribution >= 0.6 is 23.1 Å². The second-order valence-corrected chi connectivity index (χ2v) is 8.91. The largest absolute Gasteiger partial charge is 0.330 e. The van der Waals surface area contributed by atoms with E-state index in [0.29, 0.717) is 5.13 Å². The van der Waals surface area contributed by atoms with Crippen LogP contribution < -0.4 is 10.6 Å². The van der Waals surface area contributed by atoms with Gasteiger partial charge < -0.3 is 10.6 Å². The summed E-state index contributed by atoms with van der Waals surface area (Å²) in [6.07, 6.45) is 0. The molecule has 0 fully saturated rings. The Morgan fingerprint density at radius 1 is 0.867 bits per heavy atom. The molecule has 4 rings (SSSR count). The monoisotopic (exact) mass is 432 g/mol. The van der Waals surface area contributed by atoms with Gasteiger partial charge in [0.05, 0.1) is 5.25 Å². The number of amides is 1. The van der Waals surface area contributed by atoms with Crippen LogP contribution in [0.25, 0.3) is 0 Å². The first-order valence-corrected chi connectivity index (χ1v) is 11.1. The molecule has 4 aromatic rings. The van der Waals surface area contributed by atoms with Crippen molar-refractivity contribution in [1.29, 1.82) is 0 Å². The van der Waals surface area contributed by atoms with Gasteiger partial charge in [0.2, 0.25) is 11.0 Å². The molecule has 30 heavy (non-hydrogen) atoms. The van der Waals surface area contributed by atoms with E-state index < -0.39 is 0 Å². The van der Waals surface area contributed by atoms with E-state index in [1.54, 1.807) is 11.8 Å². The minimum atomic E-state index is -0.102. The number of carbonyl (C=O) groups excluding carboxylic acids is 1. The zero-order valence-electron chi connectivity index (χ0n) is 16.3. The van der Waals surface area contributed by atoms with E-state index in [1.807, 2.05) is 36.4 Å².